The molecule has 1 aromatic heterocycles. The van der Waals surface area contributed by atoms with Crippen LogP contribution in [0.5, 0.6) is 0 Å². The van der Waals surface area contributed by atoms with Crippen LogP contribution in [-0.2, 0) is 0 Å². The van der Waals surface area contributed by atoms with Crippen molar-refractivity contribution in [3.05, 3.63) is 36.4 Å². The summed E-state index contributed by atoms with van der Waals surface area (Å²) < 4.78 is 0. The van der Waals surface area contributed by atoms with E-state index >= 15 is 0 Å². The van der Waals surface area contributed by atoms with Crippen molar-refractivity contribution in [3.63, 3.8) is 0 Å². The largest absolute Gasteiger partial charge is 0.357 e. The summed E-state index contributed by atoms with van der Waals surface area (Å²) in [6, 6.07) is 12.5. The van der Waals surface area contributed by atoms with Crippen LogP contribution in [0, 0.1) is 0 Å². The minimum Gasteiger partial charge on any atom is -0.357 e. The van der Waals surface area contributed by atoms with Gasteiger partial charge in [0, 0.05) is 37.8 Å². The maximum Gasteiger partial charge on any atom is 0.227 e. The van der Waals surface area contributed by atoms with E-state index in [-0.39, 0.29) is 0 Å². The Bertz CT molecular complexity index is 581. The number of nitrogens with zero attached hydrogens (tertiary/aromatic N) is 4. The summed E-state index contributed by atoms with van der Waals surface area (Å²) >= 11 is 0. The first-order valence-electron chi connectivity index (χ1n) is 8.26. The van der Waals surface area contributed by atoms with Crippen LogP contribution in [0.15, 0.2) is 36.4 Å². The van der Waals surface area contributed by atoms with Gasteiger partial charge in [0.25, 0.3) is 0 Å². The highest BCUT2D eigenvalue weighted by atomic mass is 15.3. The monoisotopic (exact) mass is 296 g/mol. The average molecular weight is 296 g/mol. The van der Waals surface area contributed by atoms with E-state index < -0.39 is 0 Å². The number of hydrogen-bond acceptors (Lipinski definition) is 4. The molecule has 0 amide bonds. The molecule has 4 heteroatoms. The molecule has 1 saturated heterocycles. The lowest BCUT2D eigenvalue weighted by Gasteiger charge is -2.23. The molecule has 1 aliphatic heterocycles. The molecule has 0 spiro atoms. The van der Waals surface area contributed by atoms with E-state index in [2.05, 4.69) is 54.0 Å². The Hall–Kier alpha value is -2.10. The zero-order valence-corrected chi connectivity index (χ0v) is 13.5. The molecule has 0 N–H and O–H groups in total. The highest BCUT2D eigenvalue weighted by Crippen LogP contribution is 2.26. The summed E-state index contributed by atoms with van der Waals surface area (Å²) in [4.78, 5) is 14.2. The molecule has 0 aliphatic carbocycles. The van der Waals surface area contributed by atoms with E-state index in [1.165, 1.54) is 12.8 Å². The van der Waals surface area contributed by atoms with E-state index in [4.69, 9.17) is 9.97 Å². The molecule has 1 fully saturated rings. The normalized spacial score (nSPS) is 14.4. The van der Waals surface area contributed by atoms with Gasteiger partial charge >= 0.3 is 0 Å². The van der Waals surface area contributed by atoms with Crippen molar-refractivity contribution in [2.24, 2.45) is 0 Å². The summed E-state index contributed by atoms with van der Waals surface area (Å²) in [5, 5.41) is 0. The van der Waals surface area contributed by atoms with Crippen molar-refractivity contribution in [3.8, 4) is 11.3 Å². The van der Waals surface area contributed by atoms with Crippen molar-refractivity contribution in [1.82, 2.24) is 9.97 Å². The standard InChI is InChI=1S/C18H24N4/c1-3-21(4-2)17-14-16(15-10-6-5-7-11-15)19-18(20-17)22-12-8-9-13-22/h5-7,10-11,14H,3-4,8-9,12-13H2,1-2H3. The van der Waals surface area contributed by atoms with Gasteiger partial charge in [-0.05, 0) is 26.7 Å². The Morgan fingerprint density at radius 3 is 2.32 bits per heavy atom. The quantitative estimate of drug-likeness (QED) is 0.844. The predicted octanol–water partition coefficient (Wildman–Crippen LogP) is 3.59. The molecule has 0 atom stereocenters. The maximum atomic E-state index is 4.82. The molecule has 116 valence electrons. The number of anilines is 2. The SMILES string of the molecule is CCN(CC)c1cc(-c2ccccc2)nc(N2CCCC2)n1. The Morgan fingerprint density at radius 1 is 1.00 bits per heavy atom. The molecule has 0 radical (unpaired) electrons. The van der Waals surface area contributed by atoms with E-state index in [0.29, 0.717) is 0 Å². The molecule has 1 aromatic carbocycles. The van der Waals surface area contributed by atoms with Crippen LogP contribution in [0.2, 0.25) is 0 Å². The van der Waals surface area contributed by atoms with Gasteiger partial charge in [-0.15, -0.1) is 0 Å². The van der Waals surface area contributed by atoms with Gasteiger partial charge in [0.05, 0.1) is 5.69 Å². The van der Waals surface area contributed by atoms with Crippen molar-refractivity contribution in [2.45, 2.75) is 26.7 Å². The van der Waals surface area contributed by atoms with Crippen LogP contribution in [0.4, 0.5) is 11.8 Å². The van der Waals surface area contributed by atoms with Gasteiger partial charge in [0.15, 0.2) is 0 Å². The van der Waals surface area contributed by atoms with Crippen LogP contribution in [0.25, 0.3) is 11.3 Å². The molecule has 1 aliphatic rings. The van der Waals surface area contributed by atoms with Gasteiger partial charge in [0.1, 0.15) is 5.82 Å². The second-order valence-electron chi connectivity index (χ2n) is 5.64. The van der Waals surface area contributed by atoms with Crippen molar-refractivity contribution in [1.29, 1.82) is 0 Å². The summed E-state index contributed by atoms with van der Waals surface area (Å²) in [5.74, 6) is 1.90. The number of benzene rings is 1. The van der Waals surface area contributed by atoms with Crippen LogP contribution >= 0.6 is 0 Å². The Labute approximate surface area is 132 Å². The second kappa shape index (κ2) is 6.77. The number of aromatic nitrogens is 2. The predicted molar refractivity (Wildman–Crippen MR) is 92.5 cm³/mol. The summed E-state index contributed by atoms with van der Waals surface area (Å²) in [6.45, 7) is 8.39. The van der Waals surface area contributed by atoms with Crippen molar-refractivity contribution >= 4 is 11.8 Å². The molecule has 0 unspecified atom stereocenters. The Morgan fingerprint density at radius 2 is 1.68 bits per heavy atom. The van der Waals surface area contributed by atoms with Gasteiger partial charge in [0.2, 0.25) is 5.95 Å². The first kappa shape index (κ1) is 14.8. The fourth-order valence-electron chi connectivity index (χ4n) is 2.95. The summed E-state index contributed by atoms with van der Waals surface area (Å²) in [5.41, 5.74) is 2.16. The molecular weight excluding hydrogens is 272 g/mol. The van der Waals surface area contributed by atoms with Crippen LogP contribution < -0.4 is 9.80 Å². The highest BCUT2D eigenvalue weighted by Gasteiger charge is 2.18. The maximum absolute atomic E-state index is 4.82. The third-order valence-corrected chi connectivity index (χ3v) is 4.25. The van der Waals surface area contributed by atoms with E-state index in [0.717, 1.165) is 49.2 Å². The summed E-state index contributed by atoms with van der Waals surface area (Å²) in [6.07, 6.45) is 2.47. The zero-order valence-electron chi connectivity index (χ0n) is 13.5. The molecule has 22 heavy (non-hydrogen) atoms. The topological polar surface area (TPSA) is 32.3 Å². The van der Waals surface area contributed by atoms with Crippen LogP contribution in [0.3, 0.4) is 0 Å². The fourth-order valence-corrected chi connectivity index (χ4v) is 2.95. The Balaban J connectivity index is 2.04. The van der Waals surface area contributed by atoms with Gasteiger partial charge < -0.3 is 9.80 Å². The molecular formula is C18H24N4. The second-order valence-corrected chi connectivity index (χ2v) is 5.64. The summed E-state index contributed by atoms with van der Waals surface area (Å²) in [7, 11) is 0. The van der Waals surface area contributed by atoms with Gasteiger partial charge in [-0.25, -0.2) is 4.98 Å². The van der Waals surface area contributed by atoms with Gasteiger partial charge in [-0.3, -0.25) is 0 Å². The molecule has 0 saturated carbocycles. The minimum absolute atomic E-state index is 0.876. The van der Waals surface area contributed by atoms with E-state index in [1.807, 2.05) is 6.07 Å². The van der Waals surface area contributed by atoms with E-state index in [1.54, 1.807) is 0 Å². The molecule has 3 rings (SSSR count). The molecule has 2 aromatic rings. The van der Waals surface area contributed by atoms with Crippen LogP contribution in [0.1, 0.15) is 26.7 Å². The van der Waals surface area contributed by atoms with Gasteiger partial charge in [-0.2, -0.15) is 4.98 Å². The lowest BCUT2D eigenvalue weighted by molar-refractivity contribution is 0.827. The lowest BCUT2D eigenvalue weighted by Crippen LogP contribution is -2.26. The highest BCUT2D eigenvalue weighted by molar-refractivity contribution is 5.65. The first-order valence-corrected chi connectivity index (χ1v) is 8.26. The van der Waals surface area contributed by atoms with Crippen LogP contribution in [-0.4, -0.2) is 36.1 Å². The molecule has 0 bridgehead atoms. The first-order chi connectivity index (χ1) is 10.8. The third-order valence-electron chi connectivity index (χ3n) is 4.25. The van der Waals surface area contributed by atoms with Crippen molar-refractivity contribution < 1.29 is 0 Å². The smallest absolute Gasteiger partial charge is 0.227 e. The van der Waals surface area contributed by atoms with E-state index in [9.17, 15) is 0 Å². The lowest BCUT2D eigenvalue weighted by atomic mass is 10.1. The van der Waals surface area contributed by atoms with Gasteiger partial charge in [-0.1, -0.05) is 30.3 Å². The molecule has 4 nitrogen and oxygen atoms in total. The third kappa shape index (κ3) is 3.06. The molecule has 2 heterocycles. The number of rotatable bonds is 5. The number of hydrogen-bond donors (Lipinski definition) is 0. The zero-order chi connectivity index (χ0) is 15.4. The van der Waals surface area contributed by atoms with Crippen molar-refractivity contribution in [2.75, 3.05) is 36.0 Å². The average Bonchev–Trinajstić information content (AvgIpc) is 3.11. The Kier molecular flexibility index (Phi) is 4.56. The fraction of sp³-hybridized carbons (Fsp3) is 0.444. The minimum atomic E-state index is 0.876.